The fourth-order valence-corrected chi connectivity index (χ4v) is 6.08. The van der Waals surface area contributed by atoms with Gasteiger partial charge in [-0.05, 0) is 62.1 Å². The molecule has 0 unspecified atom stereocenters. The second-order valence-corrected chi connectivity index (χ2v) is 12.1. The molecule has 0 saturated carbocycles. The Morgan fingerprint density at radius 3 is 2.23 bits per heavy atom. The number of carbonyl (C=O) groups is 2. The maximum absolute atomic E-state index is 14.1. The highest BCUT2D eigenvalue weighted by Crippen LogP contribution is 2.31. The molecule has 1 atom stereocenters. The normalized spacial score (nSPS) is 12.0. The first-order valence-corrected chi connectivity index (χ1v) is 15.4. The number of nitrogens with zero attached hydrogens (tertiary/aromatic N) is 2. The van der Waals surface area contributed by atoms with Crippen molar-refractivity contribution in [2.75, 3.05) is 17.4 Å². The molecule has 3 aromatic carbocycles. The van der Waals surface area contributed by atoms with E-state index in [1.54, 1.807) is 43.3 Å². The van der Waals surface area contributed by atoms with Gasteiger partial charge in [0.25, 0.3) is 10.0 Å². The first kappa shape index (κ1) is 31.2. The molecule has 0 aliphatic heterocycles. The second-order valence-electron chi connectivity index (χ2n) is 9.78. The summed E-state index contributed by atoms with van der Waals surface area (Å²) in [7, 11) is -4.14. The maximum atomic E-state index is 14.1. The van der Waals surface area contributed by atoms with Gasteiger partial charge in [0, 0.05) is 18.1 Å². The van der Waals surface area contributed by atoms with Crippen molar-refractivity contribution >= 4 is 39.1 Å². The van der Waals surface area contributed by atoms with Crippen LogP contribution in [0.15, 0.2) is 77.7 Å². The number of halogens is 1. The Morgan fingerprint density at radius 2 is 1.60 bits per heavy atom. The van der Waals surface area contributed by atoms with Crippen LogP contribution in [0.4, 0.5) is 5.69 Å². The van der Waals surface area contributed by atoms with Gasteiger partial charge in [-0.3, -0.25) is 13.9 Å². The third-order valence-electron chi connectivity index (χ3n) is 6.81. The van der Waals surface area contributed by atoms with Gasteiger partial charge in [0.05, 0.1) is 10.6 Å². The lowest BCUT2D eigenvalue weighted by molar-refractivity contribution is -0.140. The van der Waals surface area contributed by atoms with Crippen molar-refractivity contribution in [3.63, 3.8) is 0 Å². The fraction of sp³-hybridized carbons (Fsp3) is 0.355. The van der Waals surface area contributed by atoms with E-state index in [-0.39, 0.29) is 17.3 Å². The number of hydrogen-bond acceptors (Lipinski definition) is 4. The molecule has 0 aromatic heterocycles. The van der Waals surface area contributed by atoms with E-state index in [2.05, 4.69) is 5.32 Å². The first-order chi connectivity index (χ1) is 19.1. The van der Waals surface area contributed by atoms with Crippen LogP contribution in [0.3, 0.4) is 0 Å². The van der Waals surface area contributed by atoms with Crippen molar-refractivity contribution in [1.29, 1.82) is 0 Å². The summed E-state index contributed by atoms with van der Waals surface area (Å²) in [4.78, 5) is 28.9. The molecule has 214 valence electrons. The van der Waals surface area contributed by atoms with Crippen LogP contribution in [0, 0.1) is 13.8 Å². The summed E-state index contributed by atoms with van der Waals surface area (Å²) in [6, 6.07) is 19.9. The lowest BCUT2D eigenvalue weighted by Gasteiger charge is -2.33. The van der Waals surface area contributed by atoms with Crippen molar-refractivity contribution < 1.29 is 18.0 Å². The summed E-state index contributed by atoms with van der Waals surface area (Å²) in [5.41, 5.74) is 2.75. The largest absolute Gasteiger partial charge is 0.354 e. The van der Waals surface area contributed by atoms with E-state index in [4.69, 9.17) is 11.6 Å². The average Bonchev–Trinajstić information content (AvgIpc) is 2.95. The van der Waals surface area contributed by atoms with E-state index >= 15 is 0 Å². The average molecular weight is 584 g/mol. The molecule has 0 bridgehead atoms. The van der Waals surface area contributed by atoms with E-state index in [1.165, 1.54) is 17.0 Å². The highest BCUT2D eigenvalue weighted by molar-refractivity contribution is 7.92. The number of unbranched alkanes of at least 4 members (excludes halogenated alkanes) is 1. The molecule has 0 saturated heterocycles. The lowest BCUT2D eigenvalue weighted by atomic mass is 10.1. The minimum absolute atomic E-state index is 0.0524. The Balaban J connectivity index is 2.06. The predicted octanol–water partition coefficient (Wildman–Crippen LogP) is 5.88. The monoisotopic (exact) mass is 583 g/mol. The molecule has 7 nitrogen and oxygen atoms in total. The summed E-state index contributed by atoms with van der Waals surface area (Å²) >= 11 is 6.38. The molecule has 1 N–H and O–H groups in total. The summed E-state index contributed by atoms with van der Waals surface area (Å²) in [6.07, 6.45) is 2.12. The molecular weight excluding hydrogens is 546 g/mol. The van der Waals surface area contributed by atoms with Gasteiger partial charge in [-0.25, -0.2) is 8.42 Å². The van der Waals surface area contributed by atoms with Crippen LogP contribution in [0.1, 0.15) is 49.8 Å². The molecule has 2 amide bonds. The van der Waals surface area contributed by atoms with Crippen molar-refractivity contribution in [3.05, 3.63) is 94.5 Å². The fourth-order valence-electron chi connectivity index (χ4n) is 4.42. The summed E-state index contributed by atoms with van der Waals surface area (Å²) < 4.78 is 29.0. The number of carbonyl (C=O) groups excluding carboxylic acids is 2. The van der Waals surface area contributed by atoms with Gasteiger partial charge in [0.15, 0.2) is 0 Å². The van der Waals surface area contributed by atoms with Gasteiger partial charge in [-0.2, -0.15) is 0 Å². The van der Waals surface area contributed by atoms with Crippen LogP contribution in [-0.4, -0.2) is 44.3 Å². The molecule has 3 aromatic rings. The molecule has 3 rings (SSSR count). The first-order valence-electron chi connectivity index (χ1n) is 13.6. The second kappa shape index (κ2) is 14.3. The summed E-state index contributed by atoms with van der Waals surface area (Å²) in [5, 5.41) is 3.33. The van der Waals surface area contributed by atoms with Crippen LogP contribution in [-0.2, 0) is 26.2 Å². The lowest BCUT2D eigenvalue weighted by Crippen LogP contribution is -2.52. The minimum atomic E-state index is -4.14. The summed E-state index contributed by atoms with van der Waals surface area (Å²) in [5.74, 6) is -0.746. The van der Waals surface area contributed by atoms with Crippen LogP contribution in [0.25, 0.3) is 0 Å². The van der Waals surface area contributed by atoms with E-state index in [0.717, 1.165) is 28.3 Å². The van der Waals surface area contributed by atoms with E-state index < -0.39 is 28.5 Å². The zero-order chi connectivity index (χ0) is 29.3. The van der Waals surface area contributed by atoms with Crippen LogP contribution in [0.2, 0.25) is 5.02 Å². The number of benzene rings is 3. The SMILES string of the molecule is CCCCNC(=O)[C@@H](CC)N(Cc1ccc(C)cc1)C(=O)CN(c1cccc(Cl)c1C)S(=O)(=O)c1ccccc1. The van der Waals surface area contributed by atoms with Crippen LogP contribution < -0.4 is 9.62 Å². The Morgan fingerprint density at radius 1 is 0.925 bits per heavy atom. The number of anilines is 1. The molecule has 9 heteroatoms. The number of aryl methyl sites for hydroxylation is 1. The minimum Gasteiger partial charge on any atom is -0.354 e. The molecule has 0 spiro atoms. The van der Waals surface area contributed by atoms with Crippen molar-refractivity contribution in [2.24, 2.45) is 0 Å². The quantitative estimate of drug-likeness (QED) is 0.255. The highest BCUT2D eigenvalue weighted by atomic mass is 35.5. The van der Waals surface area contributed by atoms with E-state index in [9.17, 15) is 18.0 Å². The van der Waals surface area contributed by atoms with Gasteiger partial charge in [0.1, 0.15) is 12.6 Å². The Labute approximate surface area is 243 Å². The molecular formula is C31H38ClN3O4S. The zero-order valence-electron chi connectivity index (χ0n) is 23.6. The molecule has 0 heterocycles. The number of sulfonamides is 1. The maximum Gasteiger partial charge on any atom is 0.264 e. The number of hydrogen-bond donors (Lipinski definition) is 1. The van der Waals surface area contributed by atoms with Crippen molar-refractivity contribution in [3.8, 4) is 0 Å². The van der Waals surface area contributed by atoms with Gasteiger partial charge >= 0.3 is 0 Å². The van der Waals surface area contributed by atoms with Crippen molar-refractivity contribution in [1.82, 2.24) is 10.2 Å². The molecule has 0 aliphatic carbocycles. The standard InChI is InChI=1S/C31H38ClN3O4S/c1-5-7-20-33-31(37)28(6-2)34(21-25-18-16-23(3)17-19-25)30(36)22-35(29-15-11-14-27(32)24(29)4)40(38,39)26-12-9-8-10-13-26/h8-19,28H,5-7,20-22H2,1-4H3,(H,33,37)/t28-/m1/s1. The number of amides is 2. The Bertz CT molecular complexity index is 1400. The topological polar surface area (TPSA) is 86.8 Å². The third-order valence-corrected chi connectivity index (χ3v) is 8.99. The molecule has 0 radical (unpaired) electrons. The van der Waals surface area contributed by atoms with Gasteiger partial charge in [-0.1, -0.05) is 86.0 Å². The number of rotatable bonds is 13. The Kier molecular flexibility index (Phi) is 11.2. The molecule has 0 aliphatic rings. The van der Waals surface area contributed by atoms with Crippen molar-refractivity contribution in [2.45, 2.75) is 64.4 Å². The van der Waals surface area contributed by atoms with E-state index in [0.29, 0.717) is 29.2 Å². The van der Waals surface area contributed by atoms with Gasteiger partial charge < -0.3 is 10.2 Å². The third kappa shape index (κ3) is 7.64. The van der Waals surface area contributed by atoms with Gasteiger partial charge in [0.2, 0.25) is 11.8 Å². The number of nitrogens with one attached hydrogen (secondary N) is 1. The van der Waals surface area contributed by atoms with E-state index in [1.807, 2.05) is 45.0 Å². The molecule has 0 fully saturated rings. The van der Waals surface area contributed by atoms with Crippen LogP contribution >= 0.6 is 11.6 Å². The van der Waals surface area contributed by atoms with Crippen LogP contribution in [0.5, 0.6) is 0 Å². The van der Waals surface area contributed by atoms with Gasteiger partial charge in [-0.15, -0.1) is 0 Å². The smallest absolute Gasteiger partial charge is 0.264 e. The molecule has 40 heavy (non-hydrogen) atoms. The zero-order valence-corrected chi connectivity index (χ0v) is 25.1. The summed E-state index contributed by atoms with van der Waals surface area (Å²) in [6.45, 7) is 7.75. The highest BCUT2D eigenvalue weighted by Gasteiger charge is 2.34. The Hall–Kier alpha value is -3.36. The predicted molar refractivity (Wildman–Crippen MR) is 161 cm³/mol.